The van der Waals surface area contributed by atoms with E-state index in [1.165, 1.54) is 0 Å². The maximum Gasteiger partial charge on any atom is 0.255 e. The third-order valence-corrected chi connectivity index (χ3v) is 8.45. The van der Waals surface area contributed by atoms with Crippen molar-refractivity contribution in [2.45, 2.75) is 12.5 Å². The molecule has 3 N–H and O–H groups in total. The number of rotatable bonds is 8. The van der Waals surface area contributed by atoms with Crippen LogP contribution < -0.4 is 11.1 Å². The van der Waals surface area contributed by atoms with Crippen LogP contribution in [0.25, 0.3) is 16.7 Å². The number of piperazine rings is 1. The number of amides is 3. The van der Waals surface area contributed by atoms with Crippen LogP contribution in [0, 0.1) is 0 Å². The Bertz CT molecular complexity index is 1640. The monoisotopic (exact) mass is 624 g/mol. The molecular weight excluding hydrogens is 588 g/mol. The smallest absolute Gasteiger partial charge is 0.255 e. The third-order valence-electron chi connectivity index (χ3n) is 8.25. The minimum Gasteiger partial charge on any atom is -0.383 e. The highest BCUT2D eigenvalue weighted by Gasteiger charge is 2.29. The summed E-state index contributed by atoms with van der Waals surface area (Å²) in [5.41, 5.74) is 10.6. The number of anilines is 1. The number of halogens is 1. The number of likely N-dealkylation sites (N-methyl/N-ethyl adjacent to an activating group) is 1. The van der Waals surface area contributed by atoms with Crippen molar-refractivity contribution in [3.05, 3.63) is 113 Å². The maximum atomic E-state index is 13.3. The van der Waals surface area contributed by atoms with Gasteiger partial charge in [-0.05, 0) is 60.5 Å². The summed E-state index contributed by atoms with van der Waals surface area (Å²) in [4.78, 5) is 49.5. The number of hydrogen-bond donors (Lipinski definition) is 2. The van der Waals surface area contributed by atoms with E-state index in [1.807, 2.05) is 29.2 Å². The summed E-state index contributed by atoms with van der Waals surface area (Å²) in [6.45, 7) is 11.5. The fourth-order valence-electron chi connectivity index (χ4n) is 5.57. The van der Waals surface area contributed by atoms with E-state index in [1.54, 1.807) is 53.6 Å². The zero-order chi connectivity index (χ0) is 32.1. The van der Waals surface area contributed by atoms with Crippen LogP contribution in [0.4, 0.5) is 5.82 Å². The Morgan fingerprint density at radius 1 is 0.911 bits per heavy atom. The van der Waals surface area contributed by atoms with Crippen molar-refractivity contribution in [1.29, 1.82) is 0 Å². The topological polar surface area (TPSA) is 112 Å². The lowest BCUT2D eigenvalue weighted by molar-refractivity contribution is 0.0663. The lowest BCUT2D eigenvalue weighted by Crippen LogP contribution is -2.47. The van der Waals surface area contributed by atoms with Crippen LogP contribution in [0.5, 0.6) is 0 Å². The normalized spacial score (nSPS) is 17.2. The molecule has 0 aliphatic carbocycles. The van der Waals surface area contributed by atoms with Gasteiger partial charge in [-0.3, -0.25) is 14.4 Å². The van der Waals surface area contributed by atoms with Gasteiger partial charge in [0.2, 0.25) is 0 Å². The van der Waals surface area contributed by atoms with Gasteiger partial charge in [-0.2, -0.15) is 0 Å². The largest absolute Gasteiger partial charge is 0.383 e. The number of nitrogens with two attached hydrogens (primary N) is 1. The van der Waals surface area contributed by atoms with E-state index in [9.17, 15) is 14.4 Å². The molecule has 3 amide bonds. The number of hydrogen-bond acceptors (Lipinski definition) is 6. The van der Waals surface area contributed by atoms with Crippen molar-refractivity contribution in [3.63, 3.8) is 0 Å². The van der Waals surface area contributed by atoms with Crippen LogP contribution in [0.2, 0.25) is 0 Å². The molecule has 0 bridgehead atoms. The van der Waals surface area contributed by atoms with E-state index < -0.39 is 0 Å². The summed E-state index contributed by atoms with van der Waals surface area (Å²) in [7, 11) is 2.05. The summed E-state index contributed by atoms with van der Waals surface area (Å²) in [6, 6.07) is 16.0. The van der Waals surface area contributed by atoms with Crippen molar-refractivity contribution < 1.29 is 14.4 Å². The van der Waals surface area contributed by atoms with E-state index in [0.717, 1.165) is 29.8 Å². The number of likely N-dealkylation sites (tertiary alicyclic amines) is 1. The predicted octanol–water partition coefficient (Wildman–Crippen LogP) is 4.68. The summed E-state index contributed by atoms with van der Waals surface area (Å²) in [5.74, 6) is -0.336. The highest BCUT2D eigenvalue weighted by atomic mass is 35.5. The quantitative estimate of drug-likeness (QED) is 0.352. The van der Waals surface area contributed by atoms with Gasteiger partial charge < -0.3 is 25.8 Å². The molecule has 2 saturated heterocycles. The number of carbonyl (C=O) groups is 3. The maximum absolute atomic E-state index is 13.3. The fraction of sp³-hybridized carbons (Fsp3) is 0.257. The molecule has 0 radical (unpaired) electrons. The second-order valence-electron chi connectivity index (χ2n) is 11.3. The molecule has 10 heteroatoms. The van der Waals surface area contributed by atoms with Crippen LogP contribution in [0.1, 0.15) is 43.1 Å². The minimum absolute atomic E-state index is 0.0127. The summed E-state index contributed by atoms with van der Waals surface area (Å²) in [6.07, 6.45) is 5.64. The first-order chi connectivity index (χ1) is 21.6. The summed E-state index contributed by atoms with van der Waals surface area (Å²) in [5, 5.41) is 3.41. The van der Waals surface area contributed by atoms with Crippen LogP contribution in [-0.4, -0.2) is 89.8 Å². The SMILES string of the molecule is C=C/C=C(\C(=C)Cl)c1ccc(C(=O)N2CCC(NC(=O)c3cc(-c4ccc(C(=O)N5CCN(C)CC5)cc4)cnc3N)C2)cc1. The number of nitrogens with one attached hydrogen (secondary N) is 1. The molecule has 0 saturated carbocycles. The van der Waals surface area contributed by atoms with Crippen LogP contribution in [0.15, 0.2) is 91.1 Å². The molecule has 1 atom stereocenters. The van der Waals surface area contributed by atoms with Crippen LogP contribution >= 0.6 is 11.6 Å². The van der Waals surface area contributed by atoms with Crippen LogP contribution in [0.3, 0.4) is 0 Å². The number of nitrogens with zero attached hydrogens (tertiary/aromatic N) is 4. The first kappa shape index (κ1) is 31.7. The van der Waals surface area contributed by atoms with Gasteiger partial charge in [0.15, 0.2) is 0 Å². The van der Waals surface area contributed by atoms with E-state index in [-0.39, 0.29) is 35.1 Å². The van der Waals surface area contributed by atoms with E-state index >= 15 is 0 Å². The first-order valence-corrected chi connectivity index (χ1v) is 15.2. The van der Waals surface area contributed by atoms with E-state index in [0.29, 0.717) is 54.3 Å². The average molecular weight is 625 g/mol. The second-order valence-corrected chi connectivity index (χ2v) is 11.8. The number of pyridine rings is 1. The van der Waals surface area contributed by atoms with Gasteiger partial charge in [-0.1, -0.05) is 61.2 Å². The van der Waals surface area contributed by atoms with Gasteiger partial charge in [0, 0.05) is 73.2 Å². The molecule has 3 heterocycles. The number of carbonyl (C=O) groups excluding carboxylic acids is 3. The van der Waals surface area contributed by atoms with Gasteiger partial charge >= 0.3 is 0 Å². The van der Waals surface area contributed by atoms with Gasteiger partial charge in [0.1, 0.15) is 5.82 Å². The van der Waals surface area contributed by atoms with Crippen LogP contribution in [-0.2, 0) is 0 Å². The van der Waals surface area contributed by atoms with Gasteiger partial charge in [0.25, 0.3) is 17.7 Å². The summed E-state index contributed by atoms with van der Waals surface area (Å²) < 4.78 is 0. The number of nitrogen functional groups attached to an aromatic ring is 1. The average Bonchev–Trinajstić information content (AvgIpc) is 3.52. The molecule has 2 aromatic carbocycles. The highest BCUT2D eigenvalue weighted by molar-refractivity contribution is 6.36. The number of aromatic nitrogens is 1. The van der Waals surface area contributed by atoms with Gasteiger partial charge in [0.05, 0.1) is 5.56 Å². The molecule has 5 rings (SSSR count). The first-order valence-electron chi connectivity index (χ1n) is 14.9. The zero-order valence-corrected chi connectivity index (χ0v) is 26.1. The summed E-state index contributed by atoms with van der Waals surface area (Å²) >= 11 is 6.11. The van der Waals surface area contributed by atoms with E-state index in [2.05, 4.69) is 35.4 Å². The van der Waals surface area contributed by atoms with Crippen molar-refractivity contribution in [2.75, 3.05) is 52.0 Å². The second kappa shape index (κ2) is 13.9. The lowest BCUT2D eigenvalue weighted by Gasteiger charge is -2.32. The predicted molar refractivity (Wildman–Crippen MR) is 179 cm³/mol. The van der Waals surface area contributed by atoms with Gasteiger partial charge in [-0.25, -0.2) is 4.98 Å². The Kier molecular flexibility index (Phi) is 9.80. The minimum atomic E-state index is -0.352. The Morgan fingerprint density at radius 2 is 1.51 bits per heavy atom. The fourth-order valence-corrected chi connectivity index (χ4v) is 5.75. The molecule has 232 valence electrons. The van der Waals surface area contributed by atoms with Gasteiger partial charge in [-0.15, -0.1) is 0 Å². The van der Waals surface area contributed by atoms with Crippen molar-refractivity contribution >= 4 is 40.7 Å². The standard InChI is InChI=1S/C35H37ClN6O3/c1-4-5-30(23(2)36)25-8-12-27(13-9-25)35(45)42-15-14-29(22-42)39-33(43)31-20-28(21-38-32(31)37)24-6-10-26(11-7-24)34(44)41-18-16-40(3)17-19-41/h4-13,20-21,29H,1-2,14-19,22H2,3H3,(H2,37,38)(H,39,43)/b30-5+. The molecule has 9 nitrogen and oxygen atoms in total. The third kappa shape index (κ3) is 7.33. The Labute approximate surface area is 268 Å². The number of allylic oxidation sites excluding steroid dienone is 4. The molecule has 3 aromatic rings. The molecule has 1 aromatic heterocycles. The molecule has 2 fully saturated rings. The highest BCUT2D eigenvalue weighted by Crippen LogP contribution is 2.26. The molecular formula is C35H37ClN6O3. The molecule has 0 spiro atoms. The van der Waals surface area contributed by atoms with E-state index in [4.69, 9.17) is 17.3 Å². The number of benzene rings is 2. The Hall–Kier alpha value is -4.73. The Morgan fingerprint density at radius 3 is 2.13 bits per heavy atom. The van der Waals surface area contributed by atoms with Crippen molar-refractivity contribution in [3.8, 4) is 11.1 Å². The van der Waals surface area contributed by atoms with Crippen molar-refractivity contribution in [2.24, 2.45) is 0 Å². The molecule has 1 unspecified atom stereocenters. The molecule has 2 aliphatic rings. The Balaban J connectivity index is 1.21. The lowest BCUT2D eigenvalue weighted by atomic mass is 10.0. The van der Waals surface area contributed by atoms with Crippen molar-refractivity contribution in [1.82, 2.24) is 25.0 Å². The molecule has 2 aliphatic heterocycles. The zero-order valence-electron chi connectivity index (χ0n) is 25.3. The molecule has 45 heavy (non-hydrogen) atoms.